The number of ether oxygens (including phenoxy) is 1. The molecule has 0 amide bonds. The lowest BCUT2D eigenvalue weighted by atomic mass is 9.76. The van der Waals surface area contributed by atoms with Crippen molar-refractivity contribution >= 4 is 5.97 Å². The molecule has 1 aromatic carbocycles. The van der Waals surface area contributed by atoms with Gasteiger partial charge in [-0.1, -0.05) is 32.9 Å². The topological polar surface area (TPSA) is 46.5 Å². The van der Waals surface area contributed by atoms with E-state index < -0.39 is 5.97 Å². The molecule has 18 heavy (non-hydrogen) atoms. The molecule has 0 spiro atoms. The summed E-state index contributed by atoms with van der Waals surface area (Å²) in [6.07, 6.45) is 1.29. The van der Waals surface area contributed by atoms with Crippen LogP contribution in [0.2, 0.25) is 0 Å². The number of carboxylic acids is 1. The van der Waals surface area contributed by atoms with Crippen LogP contribution in [0.25, 0.3) is 0 Å². The SMILES string of the molecule is CCC(CC(C)(C)c1cccc(OC)c1)C(=O)O. The number of hydrogen-bond acceptors (Lipinski definition) is 2. The summed E-state index contributed by atoms with van der Waals surface area (Å²) in [4.78, 5) is 11.1. The molecule has 0 saturated carbocycles. The van der Waals surface area contributed by atoms with Gasteiger partial charge in [-0.2, -0.15) is 0 Å². The minimum absolute atomic E-state index is 0.173. The van der Waals surface area contributed by atoms with E-state index in [0.717, 1.165) is 11.3 Å². The number of methoxy groups -OCH3 is 1. The molecule has 1 aromatic rings. The highest BCUT2D eigenvalue weighted by Gasteiger charge is 2.28. The fourth-order valence-corrected chi connectivity index (χ4v) is 2.18. The summed E-state index contributed by atoms with van der Waals surface area (Å²) in [5.74, 6) is -0.205. The van der Waals surface area contributed by atoms with Crippen molar-refractivity contribution in [1.82, 2.24) is 0 Å². The van der Waals surface area contributed by atoms with E-state index in [4.69, 9.17) is 9.84 Å². The van der Waals surface area contributed by atoms with Gasteiger partial charge >= 0.3 is 5.97 Å². The molecule has 0 aliphatic carbocycles. The van der Waals surface area contributed by atoms with Gasteiger partial charge in [-0.3, -0.25) is 4.79 Å². The van der Waals surface area contributed by atoms with Crippen molar-refractivity contribution < 1.29 is 14.6 Å². The molecule has 1 rings (SSSR count). The van der Waals surface area contributed by atoms with Gasteiger partial charge in [-0.15, -0.1) is 0 Å². The molecule has 0 aliphatic rings. The van der Waals surface area contributed by atoms with Gasteiger partial charge in [0.15, 0.2) is 0 Å². The second-order valence-corrected chi connectivity index (χ2v) is 5.26. The molecule has 0 radical (unpaired) electrons. The van der Waals surface area contributed by atoms with Crippen LogP contribution in [0, 0.1) is 5.92 Å². The Labute approximate surface area is 109 Å². The van der Waals surface area contributed by atoms with Gasteiger partial charge in [0, 0.05) is 0 Å². The van der Waals surface area contributed by atoms with Crippen LogP contribution in [0.5, 0.6) is 5.75 Å². The highest BCUT2D eigenvalue weighted by molar-refractivity contribution is 5.70. The van der Waals surface area contributed by atoms with Crippen LogP contribution in [-0.2, 0) is 10.2 Å². The average molecular weight is 250 g/mol. The molecule has 3 heteroatoms. The van der Waals surface area contributed by atoms with Crippen molar-refractivity contribution in [3.05, 3.63) is 29.8 Å². The van der Waals surface area contributed by atoms with Crippen LogP contribution in [-0.4, -0.2) is 18.2 Å². The first-order chi connectivity index (χ1) is 8.40. The van der Waals surface area contributed by atoms with E-state index in [1.807, 2.05) is 31.2 Å². The summed E-state index contributed by atoms with van der Waals surface area (Å²) in [5, 5.41) is 9.16. The van der Waals surface area contributed by atoms with E-state index in [0.29, 0.717) is 12.8 Å². The molecule has 0 aromatic heterocycles. The number of rotatable bonds is 6. The lowest BCUT2D eigenvalue weighted by molar-refractivity contribution is -0.142. The van der Waals surface area contributed by atoms with Crippen molar-refractivity contribution in [2.45, 2.75) is 39.0 Å². The summed E-state index contributed by atoms with van der Waals surface area (Å²) in [6.45, 7) is 6.07. The Hall–Kier alpha value is -1.51. The summed E-state index contributed by atoms with van der Waals surface area (Å²) in [6, 6.07) is 7.84. The maximum atomic E-state index is 11.1. The number of carboxylic acid groups (broad SMARTS) is 1. The Balaban J connectivity index is 2.93. The molecule has 3 nitrogen and oxygen atoms in total. The van der Waals surface area contributed by atoms with E-state index in [-0.39, 0.29) is 11.3 Å². The van der Waals surface area contributed by atoms with E-state index in [2.05, 4.69) is 13.8 Å². The van der Waals surface area contributed by atoms with Gasteiger partial charge in [0.05, 0.1) is 13.0 Å². The van der Waals surface area contributed by atoms with Gasteiger partial charge in [0.2, 0.25) is 0 Å². The normalized spacial score (nSPS) is 13.1. The van der Waals surface area contributed by atoms with Crippen molar-refractivity contribution in [3.63, 3.8) is 0 Å². The molecule has 0 bridgehead atoms. The van der Waals surface area contributed by atoms with Crippen molar-refractivity contribution in [3.8, 4) is 5.75 Å². The van der Waals surface area contributed by atoms with Crippen molar-refractivity contribution in [1.29, 1.82) is 0 Å². The van der Waals surface area contributed by atoms with Crippen LogP contribution in [0.1, 0.15) is 39.2 Å². The smallest absolute Gasteiger partial charge is 0.306 e. The minimum atomic E-state index is -0.714. The van der Waals surface area contributed by atoms with Gasteiger partial charge < -0.3 is 9.84 Å². The number of carbonyl (C=O) groups is 1. The van der Waals surface area contributed by atoms with Crippen molar-refractivity contribution in [2.24, 2.45) is 5.92 Å². The Morgan fingerprint density at radius 2 is 2.11 bits per heavy atom. The standard InChI is InChI=1S/C15H22O3/c1-5-11(14(16)17)10-15(2,3)12-7-6-8-13(9-12)18-4/h6-9,11H,5,10H2,1-4H3,(H,16,17). The predicted octanol–water partition coefficient (Wildman–Crippen LogP) is 3.47. The second-order valence-electron chi connectivity index (χ2n) is 5.26. The first kappa shape index (κ1) is 14.6. The highest BCUT2D eigenvalue weighted by atomic mass is 16.5. The fraction of sp³-hybridized carbons (Fsp3) is 0.533. The molecule has 1 N–H and O–H groups in total. The Kier molecular flexibility index (Phi) is 4.76. The third kappa shape index (κ3) is 3.49. The van der Waals surface area contributed by atoms with Crippen LogP contribution >= 0.6 is 0 Å². The molecule has 0 heterocycles. The number of benzene rings is 1. The number of hydrogen-bond donors (Lipinski definition) is 1. The van der Waals surface area contributed by atoms with Gasteiger partial charge in [0.25, 0.3) is 0 Å². The van der Waals surface area contributed by atoms with E-state index in [1.165, 1.54) is 0 Å². The molecule has 0 fully saturated rings. The largest absolute Gasteiger partial charge is 0.497 e. The fourth-order valence-electron chi connectivity index (χ4n) is 2.18. The Morgan fingerprint density at radius 1 is 1.44 bits per heavy atom. The van der Waals surface area contributed by atoms with Crippen LogP contribution < -0.4 is 4.74 Å². The maximum Gasteiger partial charge on any atom is 0.306 e. The van der Waals surface area contributed by atoms with Crippen LogP contribution in [0.4, 0.5) is 0 Å². The zero-order valence-electron chi connectivity index (χ0n) is 11.6. The second kappa shape index (κ2) is 5.89. The zero-order valence-corrected chi connectivity index (χ0v) is 11.6. The van der Waals surface area contributed by atoms with Gasteiger partial charge in [-0.05, 0) is 36.0 Å². The summed E-state index contributed by atoms with van der Waals surface area (Å²) in [5.41, 5.74) is 0.940. The first-order valence-electron chi connectivity index (χ1n) is 6.28. The molecular formula is C15H22O3. The predicted molar refractivity (Wildman–Crippen MR) is 72.1 cm³/mol. The summed E-state index contributed by atoms with van der Waals surface area (Å²) >= 11 is 0. The molecule has 100 valence electrons. The first-order valence-corrected chi connectivity index (χ1v) is 6.28. The Morgan fingerprint density at radius 3 is 2.61 bits per heavy atom. The molecular weight excluding hydrogens is 228 g/mol. The third-order valence-corrected chi connectivity index (χ3v) is 3.45. The molecule has 0 saturated heterocycles. The summed E-state index contributed by atoms with van der Waals surface area (Å²) < 4.78 is 5.21. The van der Waals surface area contributed by atoms with E-state index in [9.17, 15) is 4.79 Å². The monoisotopic (exact) mass is 250 g/mol. The van der Waals surface area contributed by atoms with Crippen LogP contribution in [0.15, 0.2) is 24.3 Å². The third-order valence-electron chi connectivity index (χ3n) is 3.45. The Bertz CT molecular complexity index is 410. The highest BCUT2D eigenvalue weighted by Crippen LogP contribution is 2.33. The molecule has 1 atom stereocenters. The quantitative estimate of drug-likeness (QED) is 0.840. The van der Waals surface area contributed by atoms with E-state index >= 15 is 0 Å². The van der Waals surface area contributed by atoms with Crippen LogP contribution in [0.3, 0.4) is 0 Å². The lowest BCUT2D eigenvalue weighted by Crippen LogP contribution is -2.25. The zero-order chi connectivity index (χ0) is 13.8. The number of aliphatic carboxylic acids is 1. The van der Waals surface area contributed by atoms with Gasteiger partial charge in [-0.25, -0.2) is 0 Å². The lowest BCUT2D eigenvalue weighted by Gasteiger charge is -2.28. The van der Waals surface area contributed by atoms with E-state index in [1.54, 1.807) is 7.11 Å². The average Bonchev–Trinajstić information content (AvgIpc) is 2.35. The summed E-state index contributed by atoms with van der Waals surface area (Å²) in [7, 11) is 1.64. The minimum Gasteiger partial charge on any atom is -0.497 e. The maximum absolute atomic E-state index is 11.1. The molecule has 1 unspecified atom stereocenters. The molecule has 0 aliphatic heterocycles. The van der Waals surface area contributed by atoms with Gasteiger partial charge in [0.1, 0.15) is 5.75 Å². The van der Waals surface area contributed by atoms with Crippen molar-refractivity contribution in [2.75, 3.05) is 7.11 Å².